The van der Waals surface area contributed by atoms with Crippen LogP contribution in [-0.4, -0.2) is 13.7 Å². The number of hydrogen-bond acceptors (Lipinski definition) is 4. The first-order valence-corrected chi connectivity index (χ1v) is 6.63. The van der Waals surface area contributed by atoms with Crippen LogP contribution < -0.4 is 20.7 Å². The minimum absolute atomic E-state index is 0.0662. The molecule has 3 N–H and O–H groups in total. The van der Waals surface area contributed by atoms with Gasteiger partial charge in [0.15, 0.2) is 11.5 Å². The van der Waals surface area contributed by atoms with Crippen molar-refractivity contribution in [3.8, 4) is 11.5 Å². The van der Waals surface area contributed by atoms with Crippen LogP contribution in [0.3, 0.4) is 0 Å². The first kappa shape index (κ1) is 14.4. The fourth-order valence-corrected chi connectivity index (χ4v) is 2.05. The van der Waals surface area contributed by atoms with Crippen molar-refractivity contribution in [2.24, 2.45) is 5.84 Å². The number of ether oxygens (including phenoxy) is 2. The standard InChI is InChI=1S/C16H20N2O2/c1-19-15-9-5-6-10-16(15)20-14(11-12-18-17)13-7-3-2-4-8-13/h2-10,14,18H,11-12,17H2,1H3. The number of rotatable bonds is 7. The van der Waals surface area contributed by atoms with Crippen LogP contribution in [0, 0.1) is 0 Å². The molecule has 20 heavy (non-hydrogen) atoms. The van der Waals surface area contributed by atoms with Crippen molar-refractivity contribution in [2.45, 2.75) is 12.5 Å². The summed E-state index contributed by atoms with van der Waals surface area (Å²) >= 11 is 0. The monoisotopic (exact) mass is 272 g/mol. The Labute approximate surface area is 119 Å². The third-order valence-corrected chi connectivity index (χ3v) is 3.06. The summed E-state index contributed by atoms with van der Waals surface area (Å²) in [5.74, 6) is 6.84. The molecule has 0 heterocycles. The second-order valence-electron chi connectivity index (χ2n) is 4.41. The number of para-hydroxylation sites is 2. The number of methoxy groups -OCH3 is 1. The van der Waals surface area contributed by atoms with Gasteiger partial charge in [0.1, 0.15) is 6.10 Å². The Morgan fingerprint density at radius 2 is 1.65 bits per heavy atom. The molecule has 1 atom stereocenters. The summed E-state index contributed by atoms with van der Waals surface area (Å²) in [6.45, 7) is 0.675. The van der Waals surface area contributed by atoms with Gasteiger partial charge in [0, 0.05) is 13.0 Å². The molecule has 0 saturated heterocycles. The fraction of sp³-hybridized carbons (Fsp3) is 0.250. The maximum absolute atomic E-state index is 6.10. The van der Waals surface area contributed by atoms with Gasteiger partial charge in [-0.25, -0.2) is 0 Å². The average Bonchev–Trinajstić information content (AvgIpc) is 2.52. The summed E-state index contributed by atoms with van der Waals surface area (Å²) in [4.78, 5) is 0. The fourth-order valence-electron chi connectivity index (χ4n) is 2.05. The largest absolute Gasteiger partial charge is 0.493 e. The molecule has 0 radical (unpaired) electrons. The lowest BCUT2D eigenvalue weighted by molar-refractivity contribution is 0.186. The molecule has 0 aliphatic heterocycles. The van der Waals surface area contributed by atoms with Crippen LogP contribution in [0.25, 0.3) is 0 Å². The molecule has 2 aromatic rings. The molecular weight excluding hydrogens is 252 g/mol. The highest BCUT2D eigenvalue weighted by Crippen LogP contribution is 2.31. The van der Waals surface area contributed by atoms with Gasteiger partial charge in [0.25, 0.3) is 0 Å². The van der Waals surface area contributed by atoms with Crippen molar-refractivity contribution in [3.05, 3.63) is 60.2 Å². The predicted molar refractivity (Wildman–Crippen MR) is 79.6 cm³/mol. The molecule has 2 rings (SSSR count). The molecule has 0 aliphatic rings. The van der Waals surface area contributed by atoms with Gasteiger partial charge in [-0.3, -0.25) is 11.3 Å². The van der Waals surface area contributed by atoms with E-state index < -0.39 is 0 Å². The second kappa shape index (κ2) is 7.53. The molecule has 0 spiro atoms. The minimum Gasteiger partial charge on any atom is -0.493 e. The molecule has 2 aromatic carbocycles. The molecule has 0 bridgehead atoms. The second-order valence-corrected chi connectivity index (χ2v) is 4.41. The average molecular weight is 272 g/mol. The van der Waals surface area contributed by atoms with Gasteiger partial charge >= 0.3 is 0 Å². The van der Waals surface area contributed by atoms with Gasteiger partial charge in [0.2, 0.25) is 0 Å². The summed E-state index contributed by atoms with van der Waals surface area (Å²) < 4.78 is 11.4. The highest BCUT2D eigenvalue weighted by atomic mass is 16.5. The van der Waals surface area contributed by atoms with E-state index in [1.807, 2.05) is 42.5 Å². The Kier molecular flexibility index (Phi) is 5.41. The van der Waals surface area contributed by atoms with Gasteiger partial charge in [0.05, 0.1) is 7.11 Å². The summed E-state index contributed by atoms with van der Waals surface area (Å²) in [5.41, 5.74) is 3.79. The summed E-state index contributed by atoms with van der Waals surface area (Å²) in [6, 6.07) is 17.8. The third kappa shape index (κ3) is 3.73. The van der Waals surface area contributed by atoms with E-state index in [2.05, 4.69) is 17.6 Å². The Morgan fingerprint density at radius 3 is 2.30 bits per heavy atom. The first-order valence-electron chi connectivity index (χ1n) is 6.63. The first-order chi connectivity index (χ1) is 9.85. The summed E-state index contributed by atoms with van der Waals surface area (Å²) in [5, 5.41) is 0. The zero-order valence-corrected chi connectivity index (χ0v) is 11.6. The lowest BCUT2D eigenvalue weighted by Gasteiger charge is -2.21. The van der Waals surface area contributed by atoms with Gasteiger partial charge < -0.3 is 9.47 Å². The Balaban J connectivity index is 2.19. The predicted octanol–water partition coefficient (Wildman–Crippen LogP) is 2.67. The van der Waals surface area contributed by atoms with Gasteiger partial charge in [-0.1, -0.05) is 42.5 Å². The van der Waals surface area contributed by atoms with E-state index in [0.29, 0.717) is 6.54 Å². The van der Waals surface area contributed by atoms with E-state index in [4.69, 9.17) is 15.3 Å². The smallest absolute Gasteiger partial charge is 0.162 e. The third-order valence-electron chi connectivity index (χ3n) is 3.06. The molecule has 4 nitrogen and oxygen atoms in total. The Morgan fingerprint density at radius 1 is 1.00 bits per heavy atom. The molecule has 0 aliphatic carbocycles. The van der Waals surface area contributed by atoms with Crippen LogP contribution in [0.2, 0.25) is 0 Å². The molecule has 106 valence electrons. The Hall–Kier alpha value is -2.04. The maximum atomic E-state index is 6.10. The van der Waals surface area contributed by atoms with Crippen molar-refractivity contribution in [2.75, 3.05) is 13.7 Å². The molecule has 0 saturated carbocycles. The van der Waals surface area contributed by atoms with Crippen LogP contribution >= 0.6 is 0 Å². The van der Waals surface area contributed by atoms with Gasteiger partial charge in [-0.05, 0) is 17.7 Å². The van der Waals surface area contributed by atoms with E-state index in [9.17, 15) is 0 Å². The number of hydrogen-bond donors (Lipinski definition) is 2. The van der Waals surface area contributed by atoms with E-state index in [1.165, 1.54) is 0 Å². The number of hydrazine groups is 1. The highest BCUT2D eigenvalue weighted by Gasteiger charge is 2.15. The van der Waals surface area contributed by atoms with Gasteiger partial charge in [-0.2, -0.15) is 0 Å². The molecule has 0 aromatic heterocycles. The molecular formula is C16H20N2O2. The normalized spacial score (nSPS) is 11.9. The van der Waals surface area contributed by atoms with Crippen LogP contribution in [0.1, 0.15) is 18.1 Å². The Bertz CT molecular complexity index is 517. The number of nitrogens with one attached hydrogen (secondary N) is 1. The number of nitrogens with two attached hydrogens (primary N) is 1. The lowest BCUT2D eigenvalue weighted by atomic mass is 10.1. The lowest BCUT2D eigenvalue weighted by Crippen LogP contribution is -2.25. The zero-order valence-electron chi connectivity index (χ0n) is 11.6. The van der Waals surface area contributed by atoms with E-state index in [-0.39, 0.29) is 6.10 Å². The highest BCUT2D eigenvalue weighted by molar-refractivity contribution is 5.40. The van der Waals surface area contributed by atoms with E-state index in [1.54, 1.807) is 7.11 Å². The molecule has 4 heteroatoms. The van der Waals surface area contributed by atoms with E-state index >= 15 is 0 Å². The molecule has 0 fully saturated rings. The molecule has 1 unspecified atom stereocenters. The van der Waals surface area contributed by atoms with Crippen LogP contribution in [-0.2, 0) is 0 Å². The zero-order chi connectivity index (χ0) is 14.2. The van der Waals surface area contributed by atoms with E-state index in [0.717, 1.165) is 23.5 Å². The van der Waals surface area contributed by atoms with Crippen molar-refractivity contribution in [1.29, 1.82) is 0 Å². The van der Waals surface area contributed by atoms with Gasteiger partial charge in [-0.15, -0.1) is 0 Å². The van der Waals surface area contributed by atoms with Crippen LogP contribution in [0.15, 0.2) is 54.6 Å². The quantitative estimate of drug-likeness (QED) is 0.601. The number of benzene rings is 2. The van der Waals surface area contributed by atoms with Crippen molar-refractivity contribution in [3.63, 3.8) is 0 Å². The summed E-state index contributed by atoms with van der Waals surface area (Å²) in [7, 11) is 1.64. The SMILES string of the molecule is COc1ccccc1OC(CCNN)c1ccccc1. The van der Waals surface area contributed by atoms with Crippen molar-refractivity contribution >= 4 is 0 Å². The summed E-state index contributed by atoms with van der Waals surface area (Å²) in [6.07, 6.45) is 0.710. The topological polar surface area (TPSA) is 56.5 Å². The van der Waals surface area contributed by atoms with Crippen molar-refractivity contribution in [1.82, 2.24) is 5.43 Å². The minimum atomic E-state index is -0.0662. The van der Waals surface area contributed by atoms with Crippen LogP contribution in [0.5, 0.6) is 11.5 Å². The molecule has 0 amide bonds. The van der Waals surface area contributed by atoms with Crippen molar-refractivity contribution < 1.29 is 9.47 Å². The van der Waals surface area contributed by atoms with Crippen LogP contribution in [0.4, 0.5) is 0 Å². The maximum Gasteiger partial charge on any atom is 0.162 e.